The maximum absolute atomic E-state index is 12.1. The van der Waals surface area contributed by atoms with Gasteiger partial charge in [-0.3, -0.25) is 9.79 Å². The van der Waals surface area contributed by atoms with Crippen molar-refractivity contribution in [2.45, 2.75) is 39.0 Å². The Balaban J connectivity index is 1.53. The van der Waals surface area contributed by atoms with Gasteiger partial charge in [-0.25, -0.2) is 0 Å². The third-order valence-electron chi connectivity index (χ3n) is 4.68. The van der Waals surface area contributed by atoms with Crippen molar-refractivity contribution < 1.29 is 4.79 Å². The molecule has 0 unspecified atom stereocenters. The van der Waals surface area contributed by atoms with Crippen molar-refractivity contribution in [2.75, 3.05) is 17.2 Å². The van der Waals surface area contributed by atoms with Crippen LogP contribution < -0.4 is 16.4 Å². The lowest BCUT2D eigenvalue weighted by atomic mass is 9.90. The molecule has 6 heteroatoms. The SMILES string of the molecule is Cc1ccc(NC(=O)CCN=C(N)Nc2cccc3c2CCCC3)c(Cl)c1. The van der Waals surface area contributed by atoms with Crippen molar-refractivity contribution in [1.29, 1.82) is 0 Å². The highest BCUT2D eigenvalue weighted by Crippen LogP contribution is 2.27. The highest BCUT2D eigenvalue weighted by molar-refractivity contribution is 6.33. The van der Waals surface area contributed by atoms with Gasteiger partial charge in [-0.15, -0.1) is 0 Å². The molecule has 0 radical (unpaired) electrons. The number of guanidine groups is 1. The van der Waals surface area contributed by atoms with Gasteiger partial charge >= 0.3 is 0 Å². The molecule has 1 amide bonds. The smallest absolute Gasteiger partial charge is 0.226 e. The Bertz CT molecular complexity index is 863. The largest absolute Gasteiger partial charge is 0.370 e. The predicted molar refractivity (Wildman–Crippen MR) is 113 cm³/mol. The maximum atomic E-state index is 12.1. The minimum Gasteiger partial charge on any atom is -0.370 e. The maximum Gasteiger partial charge on any atom is 0.226 e. The van der Waals surface area contributed by atoms with Gasteiger partial charge in [0, 0.05) is 12.1 Å². The fourth-order valence-corrected chi connectivity index (χ4v) is 3.57. The molecule has 0 aliphatic heterocycles. The van der Waals surface area contributed by atoms with Gasteiger partial charge in [0.2, 0.25) is 5.91 Å². The van der Waals surface area contributed by atoms with E-state index in [-0.39, 0.29) is 12.3 Å². The van der Waals surface area contributed by atoms with Gasteiger partial charge in [0.05, 0.1) is 17.3 Å². The summed E-state index contributed by atoms with van der Waals surface area (Å²) in [5, 5.41) is 6.51. The summed E-state index contributed by atoms with van der Waals surface area (Å²) in [5.41, 5.74) is 11.4. The first kappa shape index (κ1) is 19.2. The summed E-state index contributed by atoms with van der Waals surface area (Å²) in [7, 11) is 0. The monoisotopic (exact) mass is 384 g/mol. The third kappa shape index (κ3) is 5.23. The Morgan fingerprint density at radius 2 is 1.96 bits per heavy atom. The fraction of sp³-hybridized carbons (Fsp3) is 0.333. The number of hydrogen-bond donors (Lipinski definition) is 3. The lowest BCUT2D eigenvalue weighted by molar-refractivity contribution is -0.116. The van der Waals surface area contributed by atoms with Gasteiger partial charge in [0.25, 0.3) is 0 Å². The number of nitrogens with zero attached hydrogens (tertiary/aromatic N) is 1. The van der Waals surface area contributed by atoms with E-state index in [1.165, 1.54) is 24.0 Å². The van der Waals surface area contributed by atoms with Gasteiger partial charge in [-0.05, 0) is 67.5 Å². The molecule has 2 aromatic carbocycles. The molecule has 0 saturated heterocycles. The average molecular weight is 385 g/mol. The molecule has 1 aliphatic carbocycles. The van der Waals surface area contributed by atoms with Crippen molar-refractivity contribution >= 4 is 34.8 Å². The van der Waals surface area contributed by atoms with Crippen LogP contribution in [0.3, 0.4) is 0 Å². The minimum absolute atomic E-state index is 0.144. The molecular formula is C21H25ClN4O. The molecule has 0 atom stereocenters. The summed E-state index contributed by atoms with van der Waals surface area (Å²) >= 11 is 6.13. The number of anilines is 2. The van der Waals surface area contributed by atoms with Crippen LogP contribution in [0.25, 0.3) is 0 Å². The van der Waals surface area contributed by atoms with Gasteiger partial charge in [-0.2, -0.15) is 0 Å². The lowest BCUT2D eigenvalue weighted by Crippen LogP contribution is -2.25. The van der Waals surface area contributed by atoms with E-state index in [0.717, 1.165) is 24.1 Å². The van der Waals surface area contributed by atoms with E-state index in [4.69, 9.17) is 17.3 Å². The van der Waals surface area contributed by atoms with Crippen LogP contribution >= 0.6 is 11.6 Å². The normalized spacial score (nSPS) is 13.8. The van der Waals surface area contributed by atoms with Crippen molar-refractivity contribution in [1.82, 2.24) is 0 Å². The van der Waals surface area contributed by atoms with Gasteiger partial charge in [0.15, 0.2) is 5.96 Å². The van der Waals surface area contributed by atoms with Crippen molar-refractivity contribution in [2.24, 2.45) is 10.7 Å². The predicted octanol–water partition coefficient (Wildman–Crippen LogP) is 4.28. The van der Waals surface area contributed by atoms with E-state index in [9.17, 15) is 4.79 Å². The van der Waals surface area contributed by atoms with E-state index in [1.807, 2.05) is 31.2 Å². The van der Waals surface area contributed by atoms with Crippen molar-refractivity contribution in [3.8, 4) is 0 Å². The molecule has 0 heterocycles. The van der Waals surface area contributed by atoms with Crippen LogP contribution in [-0.4, -0.2) is 18.4 Å². The number of aliphatic imine (C=N–C) groups is 1. The molecule has 4 N–H and O–H groups in total. The molecule has 2 aromatic rings. The van der Waals surface area contributed by atoms with Crippen LogP contribution in [0, 0.1) is 6.92 Å². The van der Waals surface area contributed by atoms with Crippen LogP contribution in [0.4, 0.5) is 11.4 Å². The zero-order valence-corrected chi connectivity index (χ0v) is 16.3. The molecule has 5 nitrogen and oxygen atoms in total. The number of aryl methyl sites for hydroxylation is 2. The highest BCUT2D eigenvalue weighted by Gasteiger charge is 2.13. The molecule has 1 aliphatic rings. The number of nitrogens with one attached hydrogen (secondary N) is 2. The van der Waals surface area contributed by atoms with E-state index in [0.29, 0.717) is 23.2 Å². The molecule has 3 rings (SSSR count). The molecule has 0 bridgehead atoms. The molecule has 0 saturated carbocycles. The number of amides is 1. The first-order chi connectivity index (χ1) is 13.0. The van der Waals surface area contributed by atoms with Gasteiger partial charge in [0.1, 0.15) is 0 Å². The van der Waals surface area contributed by atoms with Crippen LogP contribution in [0.2, 0.25) is 5.02 Å². The summed E-state index contributed by atoms with van der Waals surface area (Å²) in [4.78, 5) is 16.4. The van der Waals surface area contributed by atoms with Crippen molar-refractivity contribution in [3.63, 3.8) is 0 Å². The standard InChI is InChI=1S/C21H25ClN4O/c1-14-9-10-19(17(22)13-14)25-20(27)11-12-24-21(23)26-18-8-4-6-15-5-2-3-7-16(15)18/h4,6,8-10,13H,2-3,5,7,11-12H2,1H3,(H,25,27)(H3,23,24,26). The number of carbonyl (C=O) groups excluding carboxylic acids is 1. The lowest BCUT2D eigenvalue weighted by Gasteiger charge is -2.19. The molecule has 142 valence electrons. The molecule has 0 spiro atoms. The number of benzene rings is 2. The van der Waals surface area contributed by atoms with Gasteiger partial charge in [-0.1, -0.05) is 29.8 Å². The zero-order chi connectivity index (χ0) is 19.2. The van der Waals surface area contributed by atoms with Gasteiger partial charge < -0.3 is 16.4 Å². The molecule has 0 aromatic heterocycles. The van der Waals surface area contributed by atoms with Crippen LogP contribution in [0.15, 0.2) is 41.4 Å². The topological polar surface area (TPSA) is 79.5 Å². The number of nitrogens with two attached hydrogens (primary N) is 1. The van der Waals surface area contributed by atoms with Crippen LogP contribution in [-0.2, 0) is 17.6 Å². The Hall–Kier alpha value is -2.53. The Kier molecular flexibility index (Phi) is 6.35. The summed E-state index contributed by atoms with van der Waals surface area (Å²) in [6.45, 7) is 2.26. The molecule has 0 fully saturated rings. The number of carbonyl (C=O) groups is 1. The minimum atomic E-state index is -0.144. The van der Waals surface area contributed by atoms with E-state index >= 15 is 0 Å². The Labute approximate surface area is 165 Å². The fourth-order valence-electron chi connectivity index (χ4n) is 3.29. The summed E-state index contributed by atoms with van der Waals surface area (Å²) in [6.07, 6.45) is 4.85. The quantitative estimate of drug-likeness (QED) is 0.531. The number of hydrogen-bond acceptors (Lipinski definition) is 2. The van der Waals surface area contributed by atoms with E-state index in [1.54, 1.807) is 6.07 Å². The summed E-state index contributed by atoms with van der Waals surface area (Å²) in [5.74, 6) is 0.185. The van der Waals surface area contributed by atoms with Crippen molar-refractivity contribution in [3.05, 3.63) is 58.1 Å². The zero-order valence-electron chi connectivity index (χ0n) is 15.5. The summed E-state index contributed by atoms with van der Waals surface area (Å²) < 4.78 is 0. The second-order valence-corrected chi connectivity index (χ2v) is 7.23. The van der Waals surface area contributed by atoms with Crippen LogP contribution in [0.1, 0.15) is 36.0 Å². The number of fused-ring (bicyclic) bond motifs is 1. The summed E-state index contributed by atoms with van der Waals surface area (Å²) in [6, 6.07) is 11.8. The third-order valence-corrected chi connectivity index (χ3v) is 4.99. The second kappa shape index (κ2) is 8.91. The number of rotatable bonds is 5. The second-order valence-electron chi connectivity index (χ2n) is 6.82. The first-order valence-corrected chi connectivity index (χ1v) is 9.64. The van der Waals surface area contributed by atoms with E-state index < -0.39 is 0 Å². The number of halogens is 1. The first-order valence-electron chi connectivity index (χ1n) is 9.26. The van der Waals surface area contributed by atoms with E-state index in [2.05, 4.69) is 21.7 Å². The highest BCUT2D eigenvalue weighted by atomic mass is 35.5. The molecular weight excluding hydrogens is 360 g/mol. The molecule has 27 heavy (non-hydrogen) atoms. The Morgan fingerprint density at radius 1 is 1.15 bits per heavy atom. The van der Waals surface area contributed by atoms with Crippen LogP contribution in [0.5, 0.6) is 0 Å². The Morgan fingerprint density at radius 3 is 2.78 bits per heavy atom. The average Bonchev–Trinajstić information content (AvgIpc) is 2.64.